The minimum Gasteiger partial charge on any atom is -0.356 e. The largest absolute Gasteiger partial charge is 0.356 e. The number of piperidine rings is 1. The highest BCUT2D eigenvalue weighted by atomic mass is 19.1. The summed E-state index contributed by atoms with van der Waals surface area (Å²) in [6, 6.07) is 8.43. The van der Waals surface area contributed by atoms with E-state index >= 15 is 0 Å². The van der Waals surface area contributed by atoms with Crippen LogP contribution in [0.4, 0.5) is 14.6 Å². The lowest BCUT2D eigenvalue weighted by Crippen LogP contribution is -2.34. The molecule has 1 fully saturated rings. The Morgan fingerprint density at radius 3 is 2.61 bits per heavy atom. The summed E-state index contributed by atoms with van der Waals surface area (Å²) in [5, 5.41) is 0. The van der Waals surface area contributed by atoms with Gasteiger partial charge in [0.1, 0.15) is 17.8 Å². The molecule has 23 heavy (non-hydrogen) atoms. The van der Waals surface area contributed by atoms with Crippen molar-refractivity contribution in [2.75, 3.05) is 18.0 Å². The fraction of sp³-hybridized carbons (Fsp3) is 0.294. The molecule has 0 unspecified atom stereocenters. The minimum absolute atomic E-state index is 0.304. The third-order valence-corrected chi connectivity index (χ3v) is 4.21. The quantitative estimate of drug-likeness (QED) is 0.726. The zero-order valence-corrected chi connectivity index (χ0v) is 12.5. The van der Waals surface area contributed by atoms with Crippen molar-refractivity contribution in [3.05, 3.63) is 48.5 Å². The third-order valence-electron chi connectivity index (χ3n) is 4.21. The minimum atomic E-state index is -0.714. The van der Waals surface area contributed by atoms with Crippen molar-refractivity contribution >= 4 is 11.6 Å². The van der Waals surface area contributed by atoms with Crippen molar-refractivity contribution in [2.24, 2.45) is 0 Å². The second kappa shape index (κ2) is 5.61. The lowest BCUT2D eigenvalue weighted by molar-refractivity contribution is 0.277. The summed E-state index contributed by atoms with van der Waals surface area (Å²) in [7, 11) is 0. The highest BCUT2D eigenvalue weighted by molar-refractivity contribution is 5.62. The van der Waals surface area contributed by atoms with Gasteiger partial charge in [0.15, 0.2) is 0 Å². The van der Waals surface area contributed by atoms with Gasteiger partial charge in [-0.15, -0.1) is 0 Å². The van der Waals surface area contributed by atoms with Gasteiger partial charge in [-0.3, -0.25) is 4.40 Å². The normalized spacial score (nSPS) is 16.2. The standard InChI is InChI=1S/C17H16F2N4/c18-12-5-8-22(9-6-12)16-7-10-23-11-15(20-17(23)21-16)13-3-1-2-4-14(13)19/h1-4,7,10-12H,5-6,8-9H2. The van der Waals surface area contributed by atoms with Crippen LogP contribution in [0.15, 0.2) is 42.7 Å². The number of fused-ring (bicyclic) bond motifs is 1. The van der Waals surface area contributed by atoms with Crippen LogP contribution in [-0.2, 0) is 0 Å². The van der Waals surface area contributed by atoms with E-state index in [-0.39, 0.29) is 5.82 Å². The van der Waals surface area contributed by atoms with Crippen LogP contribution in [0.3, 0.4) is 0 Å². The number of nitrogens with zero attached hydrogens (tertiary/aromatic N) is 4. The molecule has 0 amide bonds. The number of anilines is 1. The number of aromatic nitrogens is 3. The maximum absolute atomic E-state index is 13.9. The van der Waals surface area contributed by atoms with Crippen LogP contribution in [-0.4, -0.2) is 33.6 Å². The van der Waals surface area contributed by atoms with Gasteiger partial charge < -0.3 is 4.90 Å². The topological polar surface area (TPSA) is 33.4 Å². The van der Waals surface area contributed by atoms with Crippen LogP contribution in [0.25, 0.3) is 17.0 Å². The Balaban J connectivity index is 1.69. The van der Waals surface area contributed by atoms with E-state index in [0.29, 0.717) is 43.0 Å². The molecule has 2 aromatic heterocycles. The van der Waals surface area contributed by atoms with Crippen molar-refractivity contribution in [3.63, 3.8) is 0 Å². The molecule has 4 nitrogen and oxygen atoms in total. The van der Waals surface area contributed by atoms with E-state index < -0.39 is 6.17 Å². The summed E-state index contributed by atoms with van der Waals surface area (Å²) in [4.78, 5) is 11.0. The number of imidazole rings is 1. The molecule has 1 aliphatic rings. The van der Waals surface area contributed by atoms with Crippen LogP contribution < -0.4 is 4.90 Å². The summed E-state index contributed by atoms with van der Waals surface area (Å²) in [6.07, 6.45) is 3.97. The fourth-order valence-electron chi connectivity index (χ4n) is 2.91. The van der Waals surface area contributed by atoms with Crippen molar-refractivity contribution in [1.29, 1.82) is 0 Å². The van der Waals surface area contributed by atoms with E-state index in [1.807, 2.05) is 12.3 Å². The first-order valence-electron chi connectivity index (χ1n) is 7.70. The van der Waals surface area contributed by atoms with Crippen molar-refractivity contribution < 1.29 is 8.78 Å². The van der Waals surface area contributed by atoms with Crippen molar-refractivity contribution in [3.8, 4) is 11.3 Å². The second-order valence-electron chi connectivity index (χ2n) is 5.76. The van der Waals surface area contributed by atoms with E-state index in [0.717, 1.165) is 5.82 Å². The molecule has 0 saturated carbocycles. The molecule has 0 bridgehead atoms. The van der Waals surface area contributed by atoms with E-state index in [1.165, 1.54) is 6.07 Å². The lowest BCUT2D eigenvalue weighted by Gasteiger charge is -2.29. The summed E-state index contributed by atoms with van der Waals surface area (Å²) in [5.41, 5.74) is 1.01. The number of halogens is 2. The van der Waals surface area contributed by atoms with E-state index in [9.17, 15) is 8.78 Å². The highest BCUT2D eigenvalue weighted by Crippen LogP contribution is 2.24. The molecule has 0 radical (unpaired) electrons. The van der Waals surface area contributed by atoms with Gasteiger partial charge in [0, 0.05) is 31.0 Å². The number of benzene rings is 1. The fourth-order valence-corrected chi connectivity index (χ4v) is 2.91. The van der Waals surface area contributed by atoms with Crippen LogP contribution in [0.2, 0.25) is 0 Å². The molecule has 6 heteroatoms. The molecule has 1 aliphatic heterocycles. The summed E-state index contributed by atoms with van der Waals surface area (Å²) >= 11 is 0. The first-order chi connectivity index (χ1) is 11.2. The van der Waals surface area contributed by atoms with Crippen molar-refractivity contribution in [2.45, 2.75) is 19.0 Å². The monoisotopic (exact) mass is 314 g/mol. The van der Waals surface area contributed by atoms with Gasteiger partial charge >= 0.3 is 0 Å². The molecule has 1 aromatic carbocycles. The maximum atomic E-state index is 13.9. The Morgan fingerprint density at radius 2 is 1.83 bits per heavy atom. The van der Waals surface area contributed by atoms with E-state index in [2.05, 4.69) is 14.9 Å². The Morgan fingerprint density at radius 1 is 1.04 bits per heavy atom. The molecular weight excluding hydrogens is 298 g/mol. The number of rotatable bonds is 2. The molecule has 3 aromatic rings. The molecule has 118 valence electrons. The highest BCUT2D eigenvalue weighted by Gasteiger charge is 2.20. The van der Waals surface area contributed by atoms with Gasteiger partial charge in [0.05, 0.1) is 5.69 Å². The Hall–Kier alpha value is -2.50. The Bertz CT molecular complexity index is 837. The average molecular weight is 314 g/mol. The number of alkyl halides is 1. The zero-order valence-electron chi connectivity index (χ0n) is 12.5. The average Bonchev–Trinajstić information content (AvgIpc) is 2.99. The SMILES string of the molecule is Fc1ccccc1-c1cn2ccc(N3CCC(F)CC3)nc2n1. The molecular formula is C17H16F2N4. The van der Waals surface area contributed by atoms with Crippen LogP contribution in [0.1, 0.15) is 12.8 Å². The first-order valence-corrected chi connectivity index (χ1v) is 7.70. The molecule has 0 atom stereocenters. The van der Waals surface area contributed by atoms with Crippen molar-refractivity contribution in [1.82, 2.24) is 14.4 Å². The summed E-state index contributed by atoms with van der Waals surface area (Å²) in [5.74, 6) is 0.999. The molecule has 0 N–H and O–H groups in total. The van der Waals surface area contributed by atoms with Gasteiger partial charge in [-0.1, -0.05) is 12.1 Å². The zero-order chi connectivity index (χ0) is 15.8. The summed E-state index contributed by atoms with van der Waals surface area (Å²) < 4.78 is 28.9. The van der Waals surface area contributed by atoms with Gasteiger partial charge in [-0.05, 0) is 31.0 Å². The molecule has 0 aliphatic carbocycles. The first kappa shape index (κ1) is 14.1. The maximum Gasteiger partial charge on any atom is 0.236 e. The van der Waals surface area contributed by atoms with Crippen LogP contribution in [0.5, 0.6) is 0 Å². The predicted octanol–water partition coefficient (Wildman–Crippen LogP) is 3.47. The number of hydrogen-bond donors (Lipinski definition) is 0. The predicted molar refractivity (Wildman–Crippen MR) is 84.7 cm³/mol. The van der Waals surface area contributed by atoms with Gasteiger partial charge in [0.25, 0.3) is 0 Å². The second-order valence-corrected chi connectivity index (χ2v) is 5.76. The Labute approximate surface area is 132 Å². The third kappa shape index (κ3) is 2.65. The van der Waals surface area contributed by atoms with Crippen LogP contribution in [0, 0.1) is 5.82 Å². The van der Waals surface area contributed by atoms with E-state index in [1.54, 1.807) is 28.8 Å². The van der Waals surface area contributed by atoms with Gasteiger partial charge in [0.2, 0.25) is 5.78 Å². The molecule has 3 heterocycles. The lowest BCUT2D eigenvalue weighted by atomic mass is 10.1. The smallest absolute Gasteiger partial charge is 0.236 e. The molecule has 4 rings (SSSR count). The van der Waals surface area contributed by atoms with Gasteiger partial charge in [-0.25, -0.2) is 13.8 Å². The Kier molecular flexibility index (Phi) is 3.44. The number of hydrogen-bond acceptors (Lipinski definition) is 3. The van der Waals surface area contributed by atoms with Crippen LogP contribution >= 0.6 is 0 Å². The molecule has 1 saturated heterocycles. The molecule has 0 spiro atoms. The van der Waals surface area contributed by atoms with Gasteiger partial charge in [-0.2, -0.15) is 4.98 Å². The summed E-state index contributed by atoms with van der Waals surface area (Å²) in [6.45, 7) is 1.32. The van der Waals surface area contributed by atoms with E-state index in [4.69, 9.17) is 0 Å².